The summed E-state index contributed by atoms with van der Waals surface area (Å²) in [4.78, 5) is 8.05. The summed E-state index contributed by atoms with van der Waals surface area (Å²) >= 11 is 5.73. The number of halogens is 1. The molecule has 0 spiro atoms. The number of hydrogen-bond donors (Lipinski definition) is 1. The lowest BCUT2D eigenvalue weighted by Crippen LogP contribution is -2.04. The average Bonchev–Trinajstić information content (AvgIpc) is 2.45. The first-order valence-corrected chi connectivity index (χ1v) is 4.35. The summed E-state index contributed by atoms with van der Waals surface area (Å²) in [7, 11) is 0. The third kappa shape index (κ3) is 1.54. The van der Waals surface area contributed by atoms with Crippen molar-refractivity contribution in [1.29, 1.82) is 0 Å². The Labute approximate surface area is 85.5 Å². The van der Waals surface area contributed by atoms with Gasteiger partial charge in [-0.3, -0.25) is 0 Å². The Hall–Kier alpha value is -1.62. The highest BCUT2D eigenvalue weighted by atomic mass is 35.5. The number of nitrogen functional groups attached to an aromatic ring is 1. The fraction of sp³-hybridized carbons (Fsp3) is 0.125. The van der Waals surface area contributed by atoms with Crippen molar-refractivity contribution in [2.45, 2.75) is 6.92 Å². The Kier molecular flexibility index (Phi) is 2.09. The van der Waals surface area contributed by atoms with E-state index in [1.807, 2.05) is 6.92 Å². The highest BCUT2D eigenvalue weighted by molar-refractivity contribution is 6.29. The molecule has 0 unspecified atom stereocenters. The molecule has 2 N–H and O–H groups in total. The van der Waals surface area contributed by atoms with Gasteiger partial charge in [0.05, 0.1) is 0 Å². The molecular formula is C8H8ClN5. The molecule has 0 bridgehead atoms. The van der Waals surface area contributed by atoms with E-state index in [-0.39, 0.29) is 0 Å². The van der Waals surface area contributed by atoms with Gasteiger partial charge in [0.25, 0.3) is 5.95 Å². The largest absolute Gasteiger partial charge is 0.382 e. The van der Waals surface area contributed by atoms with Crippen LogP contribution in [-0.2, 0) is 0 Å². The zero-order valence-corrected chi connectivity index (χ0v) is 8.23. The smallest absolute Gasteiger partial charge is 0.252 e. The van der Waals surface area contributed by atoms with Gasteiger partial charge in [-0.15, -0.1) is 5.10 Å². The minimum atomic E-state index is 0.378. The molecule has 2 aromatic rings. The molecule has 14 heavy (non-hydrogen) atoms. The summed E-state index contributed by atoms with van der Waals surface area (Å²) in [6.07, 6.45) is 1.57. The van der Waals surface area contributed by atoms with Crippen molar-refractivity contribution >= 4 is 17.4 Å². The van der Waals surface area contributed by atoms with Crippen molar-refractivity contribution in [3.8, 4) is 5.95 Å². The summed E-state index contributed by atoms with van der Waals surface area (Å²) in [5.41, 5.74) is 6.40. The third-order valence-electron chi connectivity index (χ3n) is 1.70. The van der Waals surface area contributed by atoms with Crippen molar-refractivity contribution in [1.82, 2.24) is 19.7 Å². The molecule has 6 heteroatoms. The van der Waals surface area contributed by atoms with Crippen LogP contribution in [0, 0.1) is 6.92 Å². The predicted molar refractivity (Wildman–Crippen MR) is 53.3 cm³/mol. The normalized spacial score (nSPS) is 10.4. The molecule has 0 fully saturated rings. The number of anilines is 1. The van der Waals surface area contributed by atoms with Crippen molar-refractivity contribution in [2.24, 2.45) is 0 Å². The molecule has 0 aliphatic heterocycles. The van der Waals surface area contributed by atoms with Gasteiger partial charge in [0.15, 0.2) is 0 Å². The van der Waals surface area contributed by atoms with Crippen LogP contribution in [0.3, 0.4) is 0 Å². The Balaban J connectivity index is 2.54. The molecule has 0 radical (unpaired) electrons. The van der Waals surface area contributed by atoms with Crippen molar-refractivity contribution < 1.29 is 0 Å². The number of aryl methyl sites for hydroxylation is 1. The molecule has 0 atom stereocenters. The molecule has 0 saturated carbocycles. The minimum Gasteiger partial charge on any atom is -0.382 e. The molecule has 0 aliphatic rings. The van der Waals surface area contributed by atoms with Gasteiger partial charge >= 0.3 is 0 Å². The molecule has 0 aliphatic carbocycles. The molecule has 72 valence electrons. The standard InChI is InChI=1S/C8H8ClN5/c1-5-4-7(10)13-14(5)8-11-3-2-6(9)12-8/h2-4H,1H3,(H2,10,13). The van der Waals surface area contributed by atoms with E-state index in [4.69, 9.17) is 17.3 Å². The lowest BCUT2D eigenvalue weighted by atomic mass is 10.5. The fourth-order valence-corrected chi connectivity index (χ4v) is 1.26. The summed E-state index contributed by atoms with van der Waals surface area (Å²) < 4.78 is 1.54. The average molecular weight is 210 g/mol. The maximum absolute atomic E-state index is 5.73. The van der Waals surface area contributed by atoms with Crippen LogP contribution < -0.4 is 5.73 Å². The fourth-order valence-electron chi connectivity index (χ4n) is 1.13. The van der Waals surface area contributed by atoms with Crippen LogP contribution >= 0.6 is 11.6 Å². The first-order valence-electron chi connectivity index (χ1n) is 3.98. The van der Waals surface area contributed by atoms with Crippen LogP contribution in [0.4, 0.5) is 5.82 Å². The number of aromatic nitrogens is 4. The monoisotopic (exact) mass is 209 g/mol. The Morgan fingerprint density at radius 1 is 1.50 bits per heavy atom. The molecule has 2 rings (SSSR count). The third-order valence-corrected chi connectivity index (χ3v) is 1.92. The topological polar surface area (TPSA) is 69.6 Å². The Morgan fingerprint density at radius 2 is 2.29 bits per heavy atom. The Morgan fingerprint density at radius 3 is 2.86 bits per heavy atom. The highest BCUT2D eigenvalue weighted by Gasteiger charge is 2.06. The molecule has 2 heterocycles. The van der Waals surface area contributed by atoms with Gasteiger partial charge in [-0.25, -0.2) is 9.67 Å². The van der Waals surface area contributed by atoms with Crippen molar-refractivity contribution in [2.75, 3.05) is 5.73 Å². The van der Waals surface area contributed by atoms with Crippen LogP contribution in [0.5, 0.6) is 0 Å². The van der Waals surface area contributed by atoms with Crippen LogP contribution in [-0.4, -0.2) is 19.7 Å². The lowest BCUT2D eigenvalue weighted by Gasteiger charge is -2.00. The molecule has 0 saturated heterocycles. The number of nitrogens with two attached hydrogens (primary N) is 1. The van der Waals surface area contributed by atoms with Crippen LogP contribution in [0.25, 0.3) is 5.95 Å². The molecular weight excluding hydrogens is 202 g/mol. The van der Waals surface area contributed by atoms with Gasteiger partial charge in [0.1, 0.15) is 11.0 Å². The molecule has 2 aromatic heterocycles. The molecule has 0 aromatic carbocycles. The lowest BCUT2D eigenvalue weighted by molar-refractivity contribution is 0.786. The second-order valence-electron chi connectivity index (χ2n) is 2.80. The first-order chi connectivity index (χ1) is 6.66. The number of hydrogen-bond acceptors (Lipinski definition) is 4. The maximum Gasteiger partial charge on any atom is 0.252 e. The van der Waals surface area contributed by atoms with E-state index in [1.165, 1.54) is 0 Å². The zero-order chi connectivity index (χ0) is 10.1. The van der Waals surface area contributed by atoms with E-state index < -0.39 is 0 Å². The van der Waals surface area contributed by atoms with Crippen molar-refractivity contribution in [3.63, 3.8) is 0 Å². The van der Waals surface area contributed by atoms with Gasteiger partial charge in [-0.05, 0) is 13.0 Å². The molecule has 5 nitrogen and oxygen atoms in total. The first kappa shape index (κ1) is 8.96. The summed E-state index contributed by atoms with van der Waals surface area (Å²) in [5.74, 6) is 0.859. The van der Waals surface area contributed by atoms with E-state index in [1.54, 1.807) is 23.0 Å². The van der Waals surface area contributed by atoms with Crippen LogP contribution in [0.2, 0.25) is 5.15 Å². The number of nitrogens with zero attached hydrogens (tertiary/aromatic N) is 4. The van der Waals surface area contributed by atoms with Crippen molar-refractivity contribution in [3.05, 3.63) is 29.2 Å². The second-order valence-corrected chi connectivity index (χ2v) is 3.19. The van der Waals surface area contributed by atoms with Gasteiger partial charge < -0.3 is 5.73 Å². The van der Waals surface area contributed by atoms with Gasteiger partial charge in [-0.1, -0.05) is 11.6 Å². The SMILES string of the molecule is Cc1cc(N)nn1-c1nccc(Cl)n1. The quantitative estimate of drug-likeness (QED) is 0.717. The van der Waals surface area contributed by atoms with Gasteiger partial charge in [-0.2, -0.15) is 4.98 Å². The number of rotatable bonds is 1. The second kappa shape index (κ2) is 3.26. The zero-order valence-electron chi connectivity index (χ0n) is 7.48. The van der Waals surface area contributed by atoms with E-state index in [9.17, 15) is 0 Å². The highest BCUT2D eigenvalue weighted by Crippen LogP contribution is 2.10. The Bertz CT molecular complexity index is 465. The van der Waals surface area contributed by atoms with Crippen LogP contribution in [0.1, 0.15) is 5.69 Å². The van der Waals surface area contributed by atoms with Crippen LogP contribution in [0.15, 0.2) is 18.3 Å². The minimum absolute atomic E-state index is 0.378. The van der Waals surface area contributed by atoms with E-state index >= 15 is 0 Å². The molecule has 0 amide bonds. The van der Waals surface area contributed by atoms with Gasteiger partial charge in [0.2, 0.25) is 0 Å². The van der Waals surface area contributed by atoms with E-state index in [0.29, 0.717) is 16.9 Å². The summed E-state index contributed by atoms with van der Waals surface area (Å²) in [6.45, 7) is 1.87. The predicted octanol–water partition coefficient (Wildman–Crippen LogP) is 1.21. The summed E-state index contributed by atoms with van der Waals surface area (Å²) in [5, 5.41) is 4.41. The van der Waals surface area contributed by atoms with E-state index in [2.05, 4.69) is 15.1 Å². The summed E-state index contributed by atoms with van der Waals surface area (Å²) in [6, 6.07) is 3.34. The van der Waals surface area contributed by atoms with E-state index in [0.717, 1.165) is 5.69 Å². The van der Waals surface area contributed by atoms with Gasteiger partial charge in [0, 0.05) is 18.0 Å². The maximum atomic E-state index is 5.73.